The smallest absolute Gasteiger partial charge is 0.273 e. The first-order chi connectivity index (χ1) is 16.1. The molecule has 0 fully saturated rings. The molecule has 9 nitrogen and oxygen atoms in total. The highest BCUT2D eigenvalue weighted by atomic mass is 16.5. The summed E-state index contributed by atoms with van der Waals surface area (Å²) >= 11 is 0. The van der Waals surface area contributed by atoms with Crippen molar-refractivity contribution in [3.8, 4) is 22.9 Å². The van der Waals surface area contributed by atoms with Crippen LogP contribution in [0.4, 0.5) is 0 Å². The highest BCUT2D eigenvalue weighted by Crippen LogP contribution is 2.31. The third-order valence-electron chi connectivity index (χ3n) is 4.80. The summed E-state index contributed by atoms with van der Waals surface area (Å²) in [6.07, 6.45) is 5.18. The zero-order chi connectivity index (χ0) is 23.5. The number of nitrogens with zero attached hydrogens (tertiary/aromatic N) is 3. The Kier molecular flexibility index (Phi) is 8.70. The first-order valence-corrected chi connectivity index (χ1v) is 10.6. The SMILES string of the molecule is C=CCCOc1ccc(-c2nnc(CCC(=O)NCCc3ccccn3)c(=O)[nH]2)cc1OC. The quantitative estimate of drug-likeness (QED) is 0.322. The molecule has 3 rings (SSSR count). The number of carbonyl (C=O) groups is 1. The molecule has 2 heterocycles. The molecule has 0 saturated carbocycles. The lowest BCUT2D eigenvalue weighted by Crippen LogP contribution is -2.27. The minimum absolute atomic E-state index is 0.143. The number of H-pyrrole nitrogens is 1. The molecular formula is C24H27N5O4. The van der Waals surface area contributed by atoms with Crippen LogP contribution in [0.1, 0.15) is 24.2 Å². The summed E-state index contributed by atoms with van der Waals surface area (Å²) in [5.41, 5.74) is 1.36. The number of rotatable bonds is 12. The lowest BCUT2D eigenvalue weighted by atomic mass is 10.2. The summed E-state index contributed by atoms with van der Waals surface area (Å²) < 4.78 is 11.0. The van der Waals surface area contributed by atoms with Crippen LogP contribution in [0.15, 0.2) is 60.0 Å². The van der Waals surface area contributed by atoms with E-state index in [1.54, 1.807) is 37.6 Å². The molecule has 0 bridgehead atoms. The molecule has 0 atom stereocenters. The fourth-order valence-electron chi connectivity index (χ4n) is 3.04. The van der Waals surface area contributed by atoms with E-state index in [0.29, 0.717) is 48.9 Å². The van der Waals surface area contributed by atoms with E-state index < -0.39 is 0 Å². The first kappa shape index (κ1) is 23.6. The molecule has 2 aromatic heterocycles. The van der Waals surface area contributed by atoms with Crippen molar-refractivity contribution in [2.24, 2.45) is 0 Å². The maximum absolute atomic E-state index is 12.5. The van der Waals surface area contributed by atoms with Crippen molar-refractivity contribution in [2.45, 2.75) is 25.7 Å². The van der Waals surface area contributed by atoms with Crippen molar-refractivity contribution in [3.63, 3.8) is 0 Å². The minimum Gasteiger partial charge on any atom is -0.493 e. The molecule has 0 aliphatic rings. The Morgan fingerprint density at radius 3 is 2.79 bits per heavy atom. The van der Waals surface area contributed by atoms with Crippen LogP contribution < -0.4 is 20.3 Å². The van der Waals surface area contributed by atoms with Crippen molar-refractivity contribution in [3.05, 3.63) is 77.0 Å². The van der Waals surface area contributed by atoms with Gasteiger partial charge in [0.05, 0.1) is 13.7 Å². The number of amides is 1. The van der Waals surface area contributed by atoms with E-state index in [2.05, 4.69) is 32.1 Å². The van der Waals surface area contributed by atoms with Gasteiger partial charge in [0.2, 0.25) is 5.91 Å². The summed E-state index contributed by atoms with van der Waals surface area (Å²) in [5, 5.41) is 11.0. The maximum atomic E-state index is 12.5. The number of benzene rings is 1. The number of aryl methyl sites for hydroxylation is 1. The molecule has 2 N–H and O–H groups in total. The summed E-state index contributed by atoms with van der Waals surface area (Å²) in [6, 6.07) is 10.9. The van der Waals surface area contributed by atoms with E-state index in [0.717, 1.165) is 5.69 Å². The van der Waals surface area contributed by atoms with Gasteiger partial charge in [-0.05, 0) is 36.8 Å². The molecule has 0 unspecified atom stereocenters. The van der Waals surface area contributed by atoms with Crippen LogP contribution in [0, 0.1) is 0 Å². The van der Waals surface area contributed by atoms with Gasteiger partial charge in [0, 0.05) is 43.3 Å². The van der Waals surface area contributed by atoms with Gasteiger partial charge in [0.25, 0.3) is 5.56 Å². The fraction of sp³-hybridized carbons (Fsp3) is 0.292. The zero-order valence-electron chi connectivity index (χ0n) is 18.5. The number of aromatic amines is 1. The topological polar surface area (TPSA) is 119 Å². The summed E-state index contributed by atoms with van der Waals surface area (Å²) in [5.74, 6) is 1.25. The molecule has 0 aliphatic carbocycles. The Hall–Kier alpha value is -4.01. The van der Waals surface area contributed by atoms with Gasteiger partial charge >= 0.3 is 0 Å². The number of aromatic nitrogens is 4. The standard InChI is InChI=1S/C24H27N5O4/c1-3-4-15-33-20-10-8-17(16-21(20)32-2)23-27-24(31)19(28-29-23)9-11-22(30)26-14-12-18-7-5-6-13-25-18/h3,5-8,10,13,16H,1,4,9,11-12,14-15H2,2H3,(H,26,30)(H,27,29,31). The van der Waals surface area contributed by atoms with Gasteiger partial charge in [0.1, 0.15) is 5.69 Å². The average Bonchev–Trinajstić information content (AvgIpc) is 2.84. The number of hydrogen-bond donors (Lipinski definition) is 2. The Morgan fingerprint density at radius 1 is 1.18 bits per heavy atom. The van der Waals surface area contributed by atoms with Crippen LogP contribution in [0.5, 0.6) is 11.5 Å². The van der Waals surface area contributed by atoms with E-state index >= 15 is 0 Å². The van der Waals surface area contributed by atoms with Crippen LogP contribution in [-0.2, 0) is 17.6 Å². The first-order valence-electron chi connectivity index (χ1n) is 10.6. The molecule has 0 spiro atoms. The van der Waals surface area contributed by atoms with Crippen molar-refractivity contribution < 1.29 is 14.3 Å². The number of ether oxygens (including phenoxy) is 2. The molecule has 1 amide bonds. The lowest BCUT2D eigenvalue weighted by Gasteiger charge is -2.11. The summed E-state index contributed by atoms with van der Waals surface area (Å²) in [4.78, 5) is 31.5. The van der Waals surface area contributed by atoms with Gasteiger partial charge in [-0.1, -0.05) is 12.1 Å². The fourth-order valence-corrected chi connectivity index (χ4v) is 3.04. The van der Waals surface area contributed by atoms with Gasteiger partial charge in [-0.2, -0.15) is 0 Å². The third kappa shape index (κ3) is 6.99. The van der Waals surface area contributed by atoms with Crippen LogP contribution in [-0.4, -0.2) is 46.3 Å². The van der Waals surface area contributed by atoms with Crippen molar-refractivity contribution in [1.82, 2.24) is 25.5 Å². The monoisotopic (exact) mass is 449 g/mol. The van der Waals surface area contributed by atoms with E-state index in [4.69, 9.17) is 9.47 Å². The second-order valence-corrected chi connectivity index (χ2v) is 7.16. The highest BCUT2D eigenvalue weighted by molar-refractivity contribution is 5.76. The number of nitrogens with one attached hydrogen (secondary N) is 2. The number of methoxy groups -OCH3 is 1. The predicted octanol–water partition coefficient (Wildman–Crippen LogP) is 2.48. The maximum Gasteiger partial charge on any atom is 0.273 e. The summed E-state index contributed by atoms with van der Waals surface area (Å²) in [7, 11) is 1.54. The number of pyridine rings is 1. The van der Waals surface area contributed by atoms with E-state index in [9.17, 15) is 9.59 Å². The third-order valence-corrected chi connectivity index (χ3v) is 4.80. The molecule has 0 radical (unpaired) electrons. The molecule has 0 aliphatic heterocycles. The van der Waals surface area contributed by atoms with Gasteiger partial charge in [-0.25, -0.2) is 0 Å². The Bertz CT molecular complexity index is 1130. The number of carbonyl (C=O) groups excluding carboxylic acids is 1. The molecular weight excluding hydrogens is 422 g/mol. The molecule has 172 valence electrons. The normalized spacial score (nSPS) is 10.5. The molecule has 9 heteroatoms. The van der Waals surface area contributed by atoms with Crippen molar-refractivity contribution >= 4 is 5.91 Å². The Labute approximate surface area is 191 Å². The highest BCUT2D eigenvalue weighted by Gasteiger charge is 2.12. The minimum atomic E-state index is -0.383. The van der Waals surface area contributed by atoms with Crippen molar-refractivity contribution in [2.75, 3.05) is 20.3 Å². The van der Waals surface area contributed by atoms with Crippen LogP contribution in [0.2, 0.25) is 0 Å². The largest absolute Gasteiger partial charge is 0.493 e. The van der Waals surface area contributed by atoms with Gasteiger partial charge in [-0.3, -0.25) is 14.6 Å². The predicted molar refractivity (Wildman–Crippen MR) is 124 cm³/mol. The Morgan fingerprint density at radius 2 is 2.06 bits per heavy atom. The summed E-state index contributed by atoms with van der Waals surface area (Å²) in [6.45, 7) is 4.63. The van der Waals surface area contributed by atoms with Gasteiger partial charge in [-0.15, -0.1) is 16.8 Å². The lowest BCUT2D eigenvalue weighted by molar-refractivity contribution is -0.121. The van der Waals surface area contributed by atoms with E-state index in [1.807, 2.05) is 18.2 Å². The average molecular weight is 450 g/mol. The van der Waals surface area contributed by atoms with Gasteiger partial charge < -0.3 is 19.8 Å². The van der Waals surface area contributed by atoms with Crippen LogP contribution in [0.3, 0.4) is 0 Å². The number of hydrogen-bond acceptors (Lipinski definition) is 7. The van der Waals surface area contributed by atoms with Gasteiger partial charge in [0.15, 0.2) is 17.3 Å². The van der Waals surface area contributed by atoms with Crippen LogP contribution >= 0.6 is 0 Å². The van der Waals surface area contributed by atoms with E-state index in [-0.39, 0.29) is 30.0 Å². The second kappa shape index (κ2) is 12.1. The molecule has 3 aromatic rings. The second-order valence-electron chi connectivity index (χ2n) is 7.16. The molecule has 1 aromatic carbocycles. The Balaban J connectivity index is 1.56. The molecule has 0 saturated heterocycles. The van der Waals surface area contributed by atoms with Crippen molar-refractivity contribution in [1.29, 1.82) is 0 Å². The van der Waals surface area contributed by atoms with Crippen LogP contribution in [0.25, 0.3) is 11.4 Å². The molecule has 33 heavy (non-hydrogen) atoms. The zero-order valence-corrected chi connectivity index (χ0v) is 18.5. The van der Waals surface area contributed by atoms with E-state index in [1.165, 1.54) is 0 Å².